The minimum absolute atomic E-state index is 0.895. The molecule has 23 heavy (non-hydrogen) atoms. The summed E-state index contributed by atoms with van der Waals surface area (Å²) in [6.45, 7) is 10.5. The van der Waals surface area contributed by atoms with E-state index in [1.165, 1.54) is 49.8 Å². The molecule has 0 aliphatic heterocycles. The van der Waals surface area contributed by atoms with Gasteiger partial charge in [0.25, 0.3) is 0 Å². The zero-order valence-corrected chi connectivity index (χ0v) is 16.0. The first-order valence-electron chi connectivity index (χ1n) is 9.38. The van der Waals surface area contributed by atoms with Gasteiger partial charge in [0, 0.05) is 25.2 Å². The van der Waals surface area contributed by atoms with Crippen LogP contribution in [0.1, 0.15) is 72.6 Å². The largest absolute Gasteiger partial charge is 0.319 e. The second-order valence-electron chi connectivity index (χ2n) is 6.71. The Bertz CT molecular complexity index is 415. The topological polar surface area (TPSA) is 27.6 Å². The van der Waals surface area contributed by atoms with Crippen LogP contribution in [0.4, 0.5) is 0 Å². The molecular formula is C20H37N3. The van der Waals surface area contributed by atoms with Gasteiger partial charge in [0.2, 0.25) is 0 Å². The van der Waals surface area contributed by atoms with Crippen molar-refractivity contribution in [3.05, 3.63) is 23.4 Å². The van der Waals surface area contributed by atoms with E-state index < -0.39 is 0 Å². The molecule has 1 rings (SSSR count). The quantitative estimate of drug-likeness (QED) is 0.472. The average molecular weight is 320 g/mol. The van der Waals surface area contributed by atoms with E-state index in [0.717, 1.165) is 31.1 Å². The first-order valence-corrected chi connectivity index (χ1v) is 9.38. The lowest BCUT2D eigenvalue weighted by molar-refractivity contribution is 0.271. The maximum Gasteiger partial charge on any atom is 0.0604 e. The molecule has 3 heteroatoms. The molecule has 0 aromatic rings. The summed E-state index contributed by atoms with van der Waals surface area (Å²) in [6.07, 6.45) is 13.7. The molecule has 1 N–H and O–H groups in total. The highest BCUT2D eigenvalue weighted by molar-refractivity contribution is 5.97. The van der Waals surface area contributed by atoms with Crippen molar-refractivity contribution in [1.82, 2.24) is 10.3 Å². The first-order chi connectivity index (χ1) is 11.1. The molecule has 132 valence electrons. The molecule has 1 aliphatic rings. The Morgan fingerprint density at radius 3 is 2.39 bits per heavy atom. The van der Waals surface area contributed by atoms with Gasteiger partial charge in [0.1, 0.15) is 0 Å². The van der Waals surface area contributed by atoms with Crippen LogP contribution in [0, 0.1) is 5.92 Å². The Morgan fingerprint density at radius 1 is 1.13 bits per heavy atom. The summed E-state index contributed by atoms with van der Waals surface area (Å²) in [5.41, 5.74) is 3.72. The van der Waals surface area contributed by atoms with E-state index in [4.69, 9.17) is 5.10 Å². The van der Waals surface area contributed by atoms with Crippen molar-refractivity contribution < 1.29 is 0 Å². The molecule has 0 amide bonds. The van der Waals surface area contributed by atoms with Gasteiger partial charge < -0.3 is 5.32 Å². The molecule has 0 unspecified atom stereocenters. The second-order valence-corrected chi connectivity index (χ2v) is 6.71. The zero-order chi connectivity index (χ0) is 17.1. The van der Waals surface area contributed by atoms with Gasteiger partial charge in [-0.05, 0) is 52.7 Å². The molecule has 0 aromatic heterocycles. The maximum atomic E-state index is 4.94. The van der Waals surface area contributed by atoms with Crippen LogP contribution in [0.2, 0.25) is 0 Å². The van der Waals surface area contributed by atoms with Gasteiger partial charge in [0.15, 0.2) is 0 Å². The van der Waals surface area contributed by atoms with Gasteiger partial charge in [-0.1, -0.05) is 44.3 Å². The summed E-state index contributed by atoms with van der Waals surface area (Å²) in [7, 11) is 2.01. The van der Waals surface area contributed by atoms with Crippen LogP contribution in [0.25, 0.3) is 0 Å². The molecule has 0 aromatic carbocycles. The fourth-order valence-electron chi connectivity index (χ4n) is 3.18. The van der Waals surface area contributed by atoms with Crippen molar-refractivity contribution in [3.63, 3.8) is 0 Å². The Balaban J connectivity index is 2.77. The van der Waals surface area contributed by atoms with Crippen LogP contribution >= 0.6 is 0 Å². The van der Waals surface area contributed by atoms with Crippen LogP contribution in [0.15, 0.2) is 28.5 Å². The number of rotatable bonds is 9. The summed E-state index contributed by atoms with van der Waals surface area (Å²) in [4.78, 5) is 0. The first kappa shape index (κ1) is 20.0. The lowest BCUT2D eigenvalue weighted by Gasteiger charge is -2.27. The smallest absolute Gasteiger partial charge is 0.0604 e. The van der Waals surface area contributed by atoms with Gasteiger partial charge in [-0.25, -0.2) is 0 Å². The minimum Gasteiger partial charge on any atom is -0.319 e. The highest BCUT2D eigenvalue weighted by Gasteiger charge is 2.16. The lowest BCUT2D eigenvalue weighted by atomic mass is 9.87. The fourth-order valence-corrected chi connectivity index (χ4v) is 3.18. The molecule has 0 atom stereocenters. The SMILES string of the molecule is C/C=C(C)/C(C)=N/N(CCC1CCCCC1)/C(=C/C)CCNC. The van der Waals surface area contributed by atoms with Crippen LogP contribution in [-0.2, 0) is 0 Å². The van der Waals surface area contributed by atoms with Crippen molar-refractivity contribution in [2.45, 2.75) is 72.6 Å². The van der Waals surface area contributed by atoms with Gasteiger partial charge in [-0.15, -0.1) is 0 Å². The maximum absolute atomic E-state index is 4.94. The Labute approximate surface area is 143 Å². The molecule has 1 fully saturated rings. The van der Waals surface area contributed by atoms with E-state index >= 15 is 0 Å². The molecule has 0 heterocycles. The van der Waals surface area contributed by atoms with E-state index in [0.29, 0.717) is 0 Å². The fraction of sp³-hybridized carbons (Fsp3) is 0.750. The van der Waals surface area contributed by atoms with Crippen LogP contribution in [0.3, 0.4) is 0 Å². The van der Waals surface area contributed by atoms with Crippen molar-refractivity contribution in [2.75, 3.05) is 20.1 Å². The third-order valence-electron chi connectivity index (χ3n) is 5.04. The second kappa shape index (κ2) is 11.4. The van der Waals surface area contributed by atoms with Crippen LogP contribution < -0.4 is 5.32 Å². The monoisotopic (exact) mass is 319 g/mol. The van der Waals surface area contributed by atoms with Gasteiger partial charge >= 0.3 is 0 Å². The van der Waals surface area contributed by atoms with Gasteiger partial charge in [-0.2, -0.15) is 5.10 Å². The average Bonchev–Trinajstić information content (AvgIpc) is 2.59. The summed E-state index contributed by atoms with van der Waals surface area (Å²) >= 11 is 0. The highest BCUT2D eigenvalue weighted by atomic mass is 15.5. The number of allylic oxidation sites excluding steroid dienone is 3. The molecule has 1 aliphatic carbocycles. The molecule has 0 radical (unpaired) electrons. The molecule has 0 bridgehead atoms. The predicted molar refractivity (Wildman–Crippen MR) is 103 cm³/mol. The zero-order valence-electron chi connectivity index (χ0n) is 16.0. The Morgan fingerprint density at radius 2 is 1.83 bits per heavy atom. The standard InChI is InChI=1S/C20H37N3/c1-6-17(3)18(4)22-23(20(7-2)13-15-21-5)16-14-19-11-9-8-10-12-19/h6-7,19,21H,8-16H2,1-5H3/b17-6+,20-7+,22-18+. The predicted octanol–water partition coefficient (Wildman–Crippen LogP) is 5.11. The number of hydrogen-bond acceptors (Lipinski definition) is 3. The van der Waals surface area contributed by atoms with Crippen LogP contribution in [0.5, 0.6) is 0 Å². The number of hydrazone groups is 1. The summed E-state index contributed by atoms with van der Waals surface area (Å²) in [5.74, 6) is 0.895. The number of nitrogens with zero attached hydrogens (tertiary/aromatic N) is 2. The molecular weight excluding hydrogens is 282 g/mol. The third kappa shape index (κ3) is 7.34. The molecule has 3 nitrogen and oxygen atoms in total. The van der Waals surface area contributed by atoms with Crippen molar-refractivity contribution in [2.24, 2.45) is 11.0 Å². The highest BCUT2D eigenvalue weighted by Crippen LogP contribution is 2.27. The van der Waals surface area contributed by atoms with Crippen molar-refractivity contribution in [1.29, 1.82) is 0 Å². The van der Waals surface area contributed by atoms with E-state index in [2.05, 4.69) is 50.2 Å². The van der Waals surface area contributed by atoms with Gasteiger partial charge in [0.05, 0.1) is 5.71 Å². The normalized spacial score (nSPS) is 18.4. The van der Waals surface area contributed by atoms with Crippen molar-refractivity contribution in [3.8, 4) is 0 Å². The van der Waals surface area contributed by atoms with Gasteiger partial charge in [-0.3, -0.25) is 5.01 Å². The number of hydrogen-bond donors (Lipinski definition) is 1. The van der Waals surface area contributed by atoms with E-state index in [9.17, 15) is 0 Å². The third-order valence-corrected chi connectivity index (χ3v) is 5.04. The van der Waals surface area contributed by atoms with Crippen molar-refractivity contribution >= 4 is 5.71 Å². The summed E-state index contributed by atoms with van der Waals surface area (Å²) in [5, 5.41) is 10.5. The van der Waals surface area contributed by atoms with E-state index in [1.807, 2.05) is 7.05 Å². The number of nitrogens with one attached hydrogen (secondary N) is 1. The Hall–Kier alpha value is -1.09. The minimum atomic E-state index is 0.895. The Kier molecular flexibility index (Phi) is 9.93. The molecule has 0 spiro atoms. The lowest BCUT2D eigenvalue weighted by Crippen LogP contribution is -2.25. The summed E-state index contributed by atoms with van der Waals surface area (Å²) < 4.78 is 0. The molecule has 0 saturated heterocycles. The molecule has 1 saturated carbocycles. The van der Waals surface area contributed by atoms with E-state index in [1.54, 1.807) is 0 Å². The summed E-state index contributed by atoms with van der Waals surface area (Å²) in [6, 6.07) is 0. The van der Waals surface area contributed by atoms with Crippen LogP contribution in [-0.4, -0.2) is 30.9 Å². The van der Waals surface area contributed by atoms with E-state index in [-0.39, 0.29) is 0 Å².